The van der Waals surface area contributed by atoms with E-state index in [0.29, 0.717) is 11.5 Å². The lowest BCUT2D eigenvalue weighted by Gasteiger charge is -1.94. The van der Waals surface area contributed by atoms with Gasteiger partial charge in [0.1, 0.15) is 17.6 Å². The molecule has 0 radical (unpaired) electrons. The van der Waals surface area contributed by atoms with Crippen molar-refractivity contribution in [2.75, 3.05) is 7.05 Å². The van der Waals surface area contributed by atoms with E-state index in [1.54, 1.807) is 6.08 Å². The molecule has 1 heterocycles. The summed E-state index contributed by atoms with van der Waals surface area (Å²) >= 11 is 0. The molecular formula is C12H16N4. The smallest absolute Gasteiger partial charge is 0.138 e. The molecule has 0 saturated heterocycles. The molecule has 0 aliphatic heterocycles. The molecule has 0 amide bonds. The summed E-state index contributed by atoms with van der Waals surface area (Å²) in [6, 6.07) is 1.99. The standard InChI is InChI=1S/C11H11N3.CH5N/c1-3-5-9(6-4-2)11-13-8-10(7-12)14-11;1-2/h3-6,8H,1H2,2H3,(H,13,14);2H2,1H3/b6-4-,9-5+;. The van der Waals surface area contributed by atoms with Crippen LogP contribution in [0, 0.1) is 11.3 Å². The van der Waals surface area contributed by atoms with Crippen LogP contribution in [0.1, 0.15) is 18.4 Å². The van der Waals surface area contributed by atoms with Crippen molar-refractivity contribution < 1.29 is 0 Å². The van der Waals surface area contributed by atoms with Gasteiger partial charge in [-0.25, -0.2) is 4.98 Å². The van der Waals surface area contributed by atoms with Crippen LogP contribution >= 0.6 is 0 Å². The van der Waals surface area contributed by atoms with Crippen LogP contribution < -0.4 is 5.73 Å². The monoisotopic (exact) mass is 216 g/mol. The van der Waals surface area contributed by atoms with Crippen molar-refractivity contribution in [3.8, 4) is 6.07 Å². The number of hydrogen-bond donors (Lipinski definition) is 2. The zero-order valence-electron chi connectivity index (χ0n) is 9.57. The van der Waals surface area contributed by atoms with E-state index in [9.17, 15) is 0 Å². The van der Waals surface area contributed by atoms with Gasteiger partial charge >= 0.3 is 0 Å². The van der Waals surface area contributed by atoms with Crippen molar-refractivity contribution in [3.05, 3.63) is 48.6 Å². The van der Waals surface area contributed by atoms with Gasteiger partial charge in [0.05, 0.1) is 6.20 Å². The van der Waals surface area contributed by atoms with Crippen molar-refractivity contribution in [3.63, 3.8) is 0 Å². The largest absolute Gasteiger partial charge is 0.333 e. The van der Waals surface area contributed by atoms with E-state index in [1.165, 1.54) is 13.2 Å². The normalized spacial score (nSPS) is 10.5. The molecule has 3 N–H and O–H groups in total. The fourth-order valence-electron chi connectivity index (χ4n) is 1.04. The Kier molecular flexibility index (Phi) is 7.12. The first-order valence-electron chi connectivity index (χ1n) is 4.80. The maximum Gasteiger partial charge on any atom is 0.138 e. The molecular weight excluding hydrogens is 200 g/mol. The third-order valence-corrected chi connectivity index (χ3v) is 1.61. The number of nitrogens with zero attached hydrogens (tertiary/aromatic N) is 2. The Morgan fingerprint density at radius 3 is 2.75 bits per heavy atom. The van der Waals surface area contributed by atoms with E-state index < -0.39 is 0 Å². The van der Waals surface area contributed by atoms with Crippen LogP contribution in [0.5, 0.6) is 0 Å². The van der Waals surface area contributed by atoms with Crippen molar-refractivity contribution in [1.29, 1.82) is 5.26 Å². The molecule has 0 bridgehead atoms. The molecule has 4 heteroatoms. The molecule has 16 heavy (non-hydrogen) atoms. The van der Waals surface area contributed by atoms with Gasteiger partial charge in [-0.15, -0.1) is 0 Å². The van der Waals surface area contributed by atoms with Crippen molar-refractivity contribution in [2.45, 2.75) is 6.92 Å². The molecule has 0 atom stereocenters. The predicted octanol–water partition coefficient (Wildman–Crippen LogP) is 2.00. The van der Waals surface area contributed by atoms with Crippen LogP contribution in [0.25, 0.3) is 5.57 Å². The molecule has 84 valence electrons. The molecule has 0 aliphatic carbocycles. The average molecular weight is 216 g/mol. The number of nitrogens with two attached hydrogens (primary N) is 1. The van der Waals surface area contributed by atoms with Crippen molar-refractivity contribution in [1.82, 2.24) is 9.97 Å². The van der Waals surface area contributed by atoms with Crippen LogP contribution in [0.2, 0.25) is 0 Å². The van der Waals surface area contributed by atoms with Crippen LogP contribution in [0.4, 0.5) is 0 Å². The third-order valence-electron chi connectivity index (χ3n) is 1.61. The Balaban J connectivity index is 0.00000106. The van der Waals surface area contributed by atoms with Gasteiger partial charge in [-0.2, -0.15) is 5.26 Å². The first-order chi connectivity index (χ1) is 7.81. The molecule has 0 aromatic carbocycles. The highest BCUT2D eigenvalue weighted by atomic mass is 14.9. The van der Waals surface area contributed by atoms with Gasteiger partial charge in [-0.3, -0.25) is 0 Å². The Labute approximate surface area is 95.8 Å². The number of imidazole rings is 1. The first kappa shape index (κ1) is 13.9. The van der Waals surface area contributed by atoms with Gasteiger partial charge in [0.25, 0.3) is 0 Å². The highest BCUT2D eigenvalue weighted by Crippen LogP contribution is 2.12. The van der Waals surface area contributed by atoms with Crippen molar-refractivity contribution in [2.24, 2.45) is 5.73 Å². The van der Waals surface area contributed by atoms with E-state index in [-0.39, 0.29) is 0 Å². The first-order valence-corrected chi connectivity index (χ1v) is 4.80. The minimum atomic E-state index is 0.458. The summed E-state index contributed by atoms with van der Waals surface area (Å²) in [6.45, 7) is 5.54. The lowest BCUT2D eigenvalue weighted by molar-refractivity contribution is 1.23. The number of aromatic nitrogens is 2. The van der Waals surface area contributed by atoms with Crippen LogP contribution in [-0.2, 0) is 0 Å². The van der Waals surface area contributed by atoms with E-state index in [4.69, 9.17) is 5.26 Å². The lowest BCUT2D eigenvalue weighted by Crippen LogP contribution is -1.83. The fraction of sp³-hybridized carbons (Fsp3) is 0.167. The number of nitriles is 1. The zero-order chi connectivity index (χ0) is 12.4. The van der Waals surface area contributed by atoms with Crippen LogP contribution in [-0.4, -0.2) is 17.0 Å². The minimum Gasteiger partial charge on any atom is -0.333 e. The molecule has 1 aromatic heterocycles. The summed E-state index contributed by atoms with van der Waals surface area (Å²) < 4.78 is 0. The molecule has 1 aromatic rings. The second-order valence-corrected chi connectivity index (χ2v) is 2.61. The topological polar surface area (TPSA) is 78.5 Å². The van der Waals surface area contributed by atoms with Gasteiger partial charge < -0.3 is 10.7 Å². The summed E-state index contributed by atoms with van der Waals surface area (Å²) in [7, 11) is 1.50. The number of aromatic amines is 1. The van der Waals surface area contributed by atoms with Gasteiger partial charge in [0, 0.05) is 5.57 Å². The SMILES string of the molecule is C=C/C=C(\C=C/C)c1ncc(C#N)[nH]1.CN. The predicted molar refractivity (Wildman–Crippen MR) is 66.4 cm³/mol. The summed E-state index contributed by atoms with van der Waals surface area (Å²) in [4.78, 5) is 6.97. The maximum absolute atomic E-state index is 8.61. The van der Waals surface area contributed by atoms with Gasteiger partial charge in [0.2, 0.25) is 0 Å². The molecule has 0 fully saturated rings. The number of hydrogen-bond acceptors (Lipinski definition) is 3. The minimum absolute atomic E-state index is 0.458. The Morgan fingerprint density at radius 2 is 2.31 bits per heavy atom. The molecule has 1 rings (SSSR count). The second kappa shape index (κ2) is 8.21. The van der Waals surface area contributed by atoms with Gasteiger partial charge in [0.15, 0.2) is 0 Å². The summed E-state index contributed by atoms with van der Waals surface area (Å²) in [5.41, 5.74) is 5.86. The van der Waals surface area contributed by atoms with Crippen LogP contribution in [0.3, 0.4) is 0 Å². The fourth-order valence-corrected chi connectivity index (χ4v) is 1.04. The highest BCUT2D eigenvalue weighted by Gasteiger charge is 2.01. The Bertz CT molecular complexity index is 418. The summed E-state index contributed by atoms with van der Waals surface area (Å²) in [5.74, 6) is 0.680. The quantitative estimate of drug-likeness (QED) is 0.758. The molecule has 0 aliphatic rings. The van der Waals surface area contributed by atoms with Gasteiger partial charge in [-0.05, 0) is 14.0 Å². The third kappa shape index (κ3) is 3.95. The highest BCUT2D eigenvalue weighted by molar-refractivity contribution is 5.70. The van der Waals surface area contributed by atoms with E-state index in [0.717, 1.165) is 5.57 Å². The van der Waals surface area contributed by atoms with E-state index >= 15 is 0 Å². The number of H-pyrrole nitrogens is 1. The number of allylic oxidation sites excluding steroid dienone is 5. The zero-order valence-corrected chi connectivity index (χ0v) is 9.57. The number of nitrogens with one attached hydrogen (secondary N) is 1. The number of rotatable bonds is 3. The molecule has 4 nitrogen and oxygen atoms in total. The van der Waals surface area contributed by atoms with Crippen LogP contribution in [0.15, 0.2) is 37.1 Å². The maximum atomic E-state index is 8.61. The van der Waals surface area contributed by atoms with Crippen molar-refractivity contribution >= 4 is 5.57 Å². The average Bonchev–Trinajstić information content (AvgIpc) is 2.80. The Morgan fingerprint density at radius 1 is 1.62 bits per heavy atom. The second-order valence-electron chi connectivity index (χ2n) is 2.61. The molecule has 0 saturated carbocycles. The van der Waals surface area contributed by atoms with Gasteiger partial charge in [-0.1, -0.05) is 30.9 Å². The molecule has 0 spiro atoms. The Hall–Kier alpha value is -2.12. The molecule has 0 unspecified atom stereocenters. The van der Waals surface area contributed by atoms with E-state index in [1.807, 2.05) is 31.2 Å². The summed E-state index contributed by atoms with van der Waals surface area (Å²) in [6.07, 6.45) is 8.84. The van der Waals surface area contributed by atoms with E-state index in [2.05, 4.69) is 22.3 Å². The summed E-state index contributed by atoms with van der Waals surface area (Å²) in [5, 5.41) is 8.61. The lowest BCUT2D eigenvalue weighted by atomic mass is 10.2.